The van der Waals surface area contributed by atoms with Gasteiger partial charge < -0.3 is 4.98 Å². The predicted molar refractivity (Wildman–Crippen MR) is 53.2 cm³/mol. The van der Waals surface area contributed by atoms with Crippen molar-refractivity contribution in [3.8, 4) is 0 Å². The summed E-state index contributed by atoms with van der Waals surface area (Å²) in [7, 11) is 0. The van der Waals surface area contributed by atoms with E-state index in [-0.39, 0.29) is 0 Å². The van der Waals surface area contributed by atoms with E-state index in [2.05, 4.69) is 9.97 Å². The molecule has 0 fully saturated rings. The zero-order valence-electron chi connectivity index (χ0n) is 7.60. The van der Waals surface area contributed by atoms with Gasteiger partial charge in [-0.15, -0.1) is 0 Å². The third kappa shape index (κ3) is 1.88. The lowest BCUT2D eigenvalue weighted by Gasteiger charge is -1.98. The standard InChI is InChI=1S/C11H10N2O/c14-8-10-3-1-2-9(6-10)7-11-12-4-5-13-11/h1-6,8H,7H2,(H,12,13). The van der Waals surface area contributed by atoms with Gasteiger partial charge in [-0.3, -0.25) is 4.79 Å². The number of rotatable bonds is 3. The summed E-state index contributed by atoms with van der Waals surface area (Å²) < 4.78 is 0. The van der Waals surface area contributed by atoms with Gasteiger partial charge in [-0.1, -0.05) is 18.2 Å². The van der Waals surface area contributed by atoms with Crippen LogP contribution in [0, 0.1) is 0 Å². The molecule has 14 heavy (non-hydrogen) atoms. The van der Waals surface area contributed by atoms with Crippen LogP contribution in [0.5, 0.6) is 0 Å². The molecule has 0 saturated carbocycles. The van der Waals surface area contributed by atoms with Crippen LogP contribution < -0.4 is 0 Å². The van der Waals surface area contributed by atoms with E-state index in [0.29, 0.717) is 5.56 Å². The molecule has 3 heteroatoms. The van der Waals surface area contributed by atoms with Gasteiger partial charge in [0.15, 0.2) is 0 Å². The van der Waals surface area contributed by atoms with Gasteiger partial charge in [-0.05, 0) is 11.6 Å². The van der Waals surface area contributed by atoms with Crippen molar-refractivity contribution in [1.29, 1.82) is 0 Å². The van der Waals surface area contributed by atoms with Crippen LogP contribution in [-0.2, 0) is 6.42 Å². The summed E-state index contributed by atoms with van der Waals surface area (Å²) in [5.74, 6) is 0.910. The van der Waals surface area contributed by atoms with E-state index in [0.717, 1.165) is 24.1 Å². The maximum Gasteiger partial charge on any atom is 0.150 e. The van der Waals surface area contributed by atoms with Gasteiger partial charge >= 0.3 is 0 Å². The van der Waals surface area contributed by atoms with E-state index < -0.39 is 0 Å². The van der Waals surface area contributed by atoms with Crippen LogP contribution in [0.4, 0.5) is 0 Å². The number of nitrogens with one attached hydrogen (secondary N) is 1. The number of imidazole rings is 1. The summed E-state index contributed by atoms with van der Waals surface area (Å²) >= 11 is 0. The second kappa shape index (κ2) is 3.87. The lowest BCUT2D eigenvalue weighted by molar-refractivity contribution is 0.112. The zero-order valence-corrected chi connectivity index (χ0v) is 7.60. The number of nitrogens with zero attached hydrogens (tertiary/aromatic N) is 1. The minimum atomic E-state index is 0.703. The number of carbonyl (C=O) groups excluding carboxylic acids is 1. The topological polar surface area (TPSA) is 45.8 Å². The molecule has 0 bridgehead atoms. The number of H-pyrrole nitrogens is 1. The summed E-state index contributed by atoms with van der Waals surface area (Å²) in [5.41, 5.74) is 1.79. The minimum Gasteiger partial charge on any atom is -0.348 e. The van der Waals surface area contributed by atoms with Crippen LogP contribution in [0.2, 0.25) is 0 Å². The lowest BCUT2D eigenvalue weighted by Crippen LogP contribution is -1.91. The van der Waals surface area contributed by atoms with Crippen LogP contribution in [0.25, 0.3) is 0 Å². The molecule has 3 nitrogen and oxygen atoms in total. The van der Waals surface area contributed by atoms with Crippen LogP contribution in [0.1, 0.15) is 21.7 Å². The fourth-order valence-corrected chi connectivity index (χ4v) is 1.36. The van der Waals surface area contributed by atoms with Crippen LogP contribution in [0.15, 0.2) is 36.7 Å². The highest BCUT2D eigenvalue weighted by molar-refractivity contribution is 5.74. The van der Waals surface area contributed by atoms with Crippen LogP contribution in [-0.4, -0.2) is 16.3 Å². The van der Waals surface area contributed by atoms with Gasteiger partial charge in [0.05, 0.1) is 0 Å². The Morgan fingerprint density at radius 2 is 2.36 bits per heavy atom. The largest absolute Gasteiger partial charge is 0.348 e. The van der Waals surface area contributed by atoms with Crippen molar-refractivity contribution < 1.29 is 4.79 Å². The molecule has 0 aliphatic rings. The SMILES string of the molecule is O=Cc1cccc(Cc2ncc[nH]2)c1. The molecule has 0 radical (unpaired) electrons. The molecule has 2 rings (SSSR count). The molecule has 0 aliphatic carbocycles. The summed E-state index contributed by atoms with van der Waals surface area (Å²) in [6.45, 7) is 0. The molecule has 1 N–H and O–H groups in total. The second-order valence-corrected chi connectivity index (χ2v) is 3.08. The molecule has 2 aromatic rings. The molecule has 0 atom stereocenters. The first-order valence-electron chi connectivity index (χ1n) is 4.41. The van der Waals surface area contributed by atoms with Crippen LogP contribution >= 0.6 is 0 Å². The Morgan fingerprint density at radius 1 is 1.43 bits per heavy atom. The van der Waals surface area contributed by atoms with Gasteiger partial charge in [0.1, 0.15) is 12.1 Å². The smallest absolute Gasteiger partial charge is 0.150 e. The molecule has 1 aromatic heterocycles. The molecule has 1 aromatic carbocycles. The van der Waals surface area contributed by atoms with E-state index in [1.807, 2.05) is 18.2 Å². The number of aromatic amines is 1. The van der Waals surface area contributed by atoms with E-state index in [1.54, 1.807) is 18.5 Å². The average molecular weight is 186 g/mol. The van der Waals surface area contributed by atoms with E-state index in [1.165, 1.54) is 0 Å². The lowest BCUT2D eigenvalue weighted by atomic mass is 10.1. The summed E-state index contributed by atoms with van der Waals surface area (Å²) in [6.07, 6.45) is 5.10. The third-order valence-electron chi connectivity index (χ3n) is 2.01. The first-order chi connectivity index (χ1) is 6.88. The number of aldehydes is 1. The van der Waals surface area contributed by atoms with Crippen molar-refractivity contribution >= 4 is 6.29 Å². The van der Waals surface area contributed by atoms with Gasteiger partial charge in [0, 0.05) is 24.4 Å². The quantitative estimate of drug-likeness (QED) is 0.743. The van der Waals surface area contributed by atoms with E-state index in [4.69, 9.17) is 0 Å². The number of carbonyl (C=O) groups is 1. The fraction of sp³-hybridized carbons (Fsp3) is 0.0909. The van der Waals surface area contributed by atoms with Crippen molar-refractivity contribution in [3.63, 3.8) is 0 Å². The average Bonchev–Trinajstić information content (AvgIpc) is 2.71. The molecule has 1 heterocycles. The Kier molecular flexibility index (Phi) is 2.40. The maximum atomic E-state index is 10.5. The van der Waals surface area contributed by atoms with Crippen molar-refractivity contribution in [2.45, 2.75) is 6.42 Å². The highest BCUT2D eigenvalue weighted by Crippen LogP contribution is 2.07. The Balaban J connectivity index is 2.21. The third-order valence-corrected chi connectivity index (χ3v) is 2.01. The summed E-state index contributed by atoms with van der Waals surface area (Å²) in [4.78, 5) is 17.7. The molecule has 0 unspecified atom stereocenters. The molecular weight excluding hydrogens is 176 g/mol. The predicted octanol–water partition coefficient (Wildman–Crippen LogP) is 1.81. The summed E-state index contributed by atoms with van der Waals surface area (Å²) in [5, 5.41) is 0. The monoisotopic (exact) mass is 186 g/mol. The number of aromatic nitrogens is 2. The Bertz CT molecular complexity index is 421. The van der Waals surface area contributed by atoms with Crippen molar-refractivity contribution in [3.05, 3.63) is 53.6 Å². The fourth-order valence-electron chi connectivity index (χ4n) is 1.36. The first-order valence-corrected chi connectivity index (χ1v) is 4.41. The zero-order chi connectivity index (χ0) is 9.80. The van der Waals surface area contributed by atoms with Gasteiger partial charge in [0.25, 0.3) is 0 Å². The highest BCUT2D eigenvalue weighted by atomic mass is 16.1. The Labute approximate surface area is 81.8 Å². The van der Waals surface area contributed by atoms with Gasteiger partial charge in [0.2, 0.25) is 0 Å². The Hall–Kier alpha value is -1.90. The van der Waals surface area contributed by atoms with Gasteiger partial charge in [-0.2, -0.15) is 0 Å². The molecular formula is C11H10N2O. The first kappa shape index (κ1) is 8.69. The number of hydrogen-bond donors (Lipinski definition) is 1. The van der Waals surface area contributed by atoms with E-state index in [9.17, 15) is 4.79 Å². The maximum absolute atomic E-state index is 10.5. The number of hydrogen-bond acceptors (Lipinski definition) is 2. The molecule has 0 spiro atoms. The van der Waals surface area contributed by atoms with E-state index >= 15 is 0 Å². The minimum absolute atomic E-state index is 0.703. The highest BCUT2D eigenvalue weighted by Gasteiger charge is 1.98. The molecule has 0 amide bonds. The number of benzene rings is 1. The Morgan fingerprint density at radius 3 is 3.07 bits per heavy atom. The molecule has 70 valence electrons. The van der Waals surface area contributed by atoms with Crippen molar-refractivity contribution in [2.75, 3.05) is 0 Å². The second-order valence-electron chi connectivity index (χ2n) is 3.08. The van der Waals surface area contributed by atoms with Crippen LogP contribution in [0.3, 0.4) is 0 Å². The van der Waals surface area contributed by atoms with Crippen molar-refractivity contribution in [2.24, 2.45) is 0 Å². The molecule has 0 aliphatic heterocycles. The molecule has 0 saturated heterocycles. The normalized spacial score (nSPS) is 10.0. The summed E-state index contributed by atoms with van der Waals surface area (Å²) in [6, 6.07) is 7.52. The van der Waals surface area contributed by atoms with Gasteiger partial charge in [-0.25, -0.2) is 4.98 Å². The van der Waals surface area contributed by atoms with Crippen molar-refractivity contribution in [1.82, 2.24) is 9.97 Å².